The fourth-order valence-corrected chi connectivity index (χ4v) is 2.90. The molecule has 6 nitrogen and oxygen atoms in total. The Hall–Kier alpha value is -1.69. The summed E-state index contributed by atoms with van der Waals surface area (Å²) in [6, 6.07) is 1.97. The number of hydrogen-bond donors (Lipinski definition) is 1. The van der Waals surface area contributed by atoms with Gasteiger partial charge in [-0.25, -0.2) is 4.98 Å². The summed E-state index contributed by atoms with van der Waals surface area (Å²) in [7, 11) is 1.98. The maximum Gasteiger partial charge on any atom is 0.254 e. The molecule has 0 aliphatic heterocycles. The molecular formula is C13H19N5O. The van der Waals surface area contributed by atoms with Crippen molar-refractivity contribution in [3.63, 3.8) is 0 Å². The number of nitrogens with zero attached hydrogens (tertiary/aromatic N) is 5. The van der Waals surface area contributed by atoms with Crippen LogP contribution in [0.2, 0.25) is 0 Å². The molecule has 6 heteroatoms. The summed E-state index contributed by atoms with van der Waals surface area (Å²) in [4.78, 5) is 10.5. The van der Waals surface area contributed by atoms with Crippen molar-refractivity contribution in [1.82, 2.24) is 19.6 Å². The SMILES string of the molecule is Cc1cc(N(C)CC2(O)CCCC2)n2ncnc2n1. The van der Waals surface area contributed by atoms with E-state index in [0.717, 1.165) is 37.2 Å². The highest BCUT2D eigenvalue weighted by Gasteiger charge is 2.32. The third-order valence-electron chi connectivity index (χ3n) is 3.82. The first-order chi connectivity index (χ1) is 9.07. The van der Waals surface area contributed by atoms with Gasteiger partial charge >= 0.3 is 0 Å². The van der Waals surface area contributed by atoms with E-state index in [4.69, 9.17) is 0 Å². The Morgan fingerprint density at radius 1 is 1.42 bits per heavy atom. The summed E-state index contributed by atoms with van der Waals surface area (Å²) in [5.41, 5.74) is 0.333. The number of anilines is 1. The third-order valence-corrected chi connectivity index (χ3v) is 3.82. The van der Waals surface area contributed by atoms with Gasteiger partial charge in [0.2, 0.25) is 0 Å². The topological polar surface area (TPSA) is 66.5 Å². The van der Waals surface area contributed by atoms with E-state index in [-0.39, 0.29) is 0 Å². The average Bonchev–Trinajstić information content (AvgIpc) is 2.96. The van der Waals surface area contributed by atoms with E-state index in [1.807, 2.05) is 24.9 Å². The first-order valence-corrected chi connectivity index (χ1v) is 6.68. The zero-order valence-corrected chi connectivity index (χ0v) is 11.4. The van der Waals surface area contributed by atoms with Gasteiger partial charge in [-0.05, 0) is 19.8 Å². The molecule has 2 aromatic heterocycles. The van der Waals surface area contributed by atoms with Crippen molar-refractivity contribution in [3.05, 3.63) is 18.1 Å². The quantitative estimate of drug-likeness (QED) is 0.898. The maximum absolute atomic E-state index is 10.5. The van der Waals surface area contributed by atoms with Crippen molar-refractivity contribution in [3.8, 4) is 0 Å². The van der Waals surface area contributed by atoms with Gasteiger partial charge in [-0.3, -0.25) is 0 Å². The van der Waals surface area contributed by atoms with Gasteiger partial charge in [-0.15, -0.1) is 0 Å². The average molecular weight is 261 g/mol. The molecule has 19 heavy (non-hydrogen) atoms. The predicted octanol–water partition coefficient (Wildman–Crippen LogP) is 1.17. The molecule has 1 aliphatic carbocycles. The fourth-order valence-electron chi connectivity index (χ4n) is 2.90. The van der Waals surface area contributed by atoms with Crippen molar-refractivity contribution in [1.29, 1.82) is 0 Å². The van der Waals surface area contributed by atoms with Crippen LogP contribution in [0.3, 0.4) is 0 Å². The number of fused-ring (bicyclic) bond motifs is 1. The molecule has 1 fully saturated rings. The Kier molecular flexibility index (Phi) is 2.89. The lowest BCUT2D eigenvalue weighted by molar-refractivity contribution is 0.0557. The van der Waals surface area contributed by atoms with Crippen molar-refractivity contribution < 1.29 is 5.11 Å². The minimum Gasteiger partial charge on any atom is -0.388 e. The number of aliphatic hydroxyl groups is 1. The second kappa shape index (κ2) is 4.45. The molecule has 1 aliphatic rings. The van der Waals surface area contributed by atoms with Crippen LogP contribution in [0, 0.1) is 6.92 Å². The lowest BCUT2D eigenvalue weighted by Gasteiger charge is -2.30. The highest BCUT2D eigenvalue weighted by Crippen LogP contribution is 2.31. The van der Waals surface area contributed by atoms with Crippen molar-refractivity contribution >= 4 is 11.6 Å². The monoisotopic (exact) mass is 261 g/mol. The third kappa shape index (κ3) is 2.28. The Morgan fingerprint density at radius 2 is 2.16 bits per heavy atom. The number of aromatic nitrogens is 4. The smallest absolute Gasteiger partial charge is 0.254 e. The van der Waals surface area contributed by atoms with Gasteiger partial charge in [0, 0.05) is 25.4 Å². The minimum absolute atomic E-state index is 0.571. The molecule has 3 rings (SSSR count). The van der Waals surface area contributed by atoms with Crippen LogP contribution in [-0.4, -0.2) is 43.9 Å². The largest absolute Gasteiger partial charge is 0.388 e. The van der Waals surface area contributed by atoms with E-state index in [1.54, 1.807) is 4.52 Å². The number of likely N-dealkylation sites (N-methyl/N-ethyl adjacent to an activating group) is 1. The summed E-state index contributed by atoms with van der Waals surface area (Å²) in [6.45, 7) is 2.56. The second-order valence-electron chi connectivity index (χ2n) is 5.52. The molecule has 1 saturated carbocycles. The normalized spacial score (nSPS) is 18.1. The summed E-state index contributed by atoms with van der Waals surface area (Å²) < 4.78 is 1.71. The summed E-state index contributed by atoms with van der Waals surface area (Å²) in [5, 5.41) is 14.7. The molecule has 0 spiro atoms. The highest BCUT2D eigenvalue weighted by molar-refractivity contribution is 5.46. The van der Waals surface area contributed by atoms with Gasteiger partial charge in [0.15, 0.2) is 0 Å². The van der Waals surface area contributed by atoms with Crippen LogP contribution in [0.4, 0.5) is 5.82 Å². The van der Waals surface area contributed by atoms with Crippen LogP contribution in [0.15, 0.2) is 12.4 Å². The Bertz CT molecular complexity index is 588. The number of rotatable bonds is 3. The molecule has 0 unspecified atom stereocenters. The van der Waals surface area contributed by atoms with Gasteiger partial charge in [0.1, 0.15) is 12.1 Å². The van der Waals surface area contributed by atoms with Crippen molar-refractivity contribution in [2.75, 3.05) is 18.5 Å². The van der Waals surface area contributed by atoms with E-state index >= 15 is 0 Å². The fraction of sp³-hybridized carbons (Fsp3) is 0.615. The van der Waals surface area contributed by atoms with E-state index in [9.17, 15) is 5.11 Å². The molecule has 0 aromatic carbocycles. The number of aryl methyl sites for hydroxylation is 1. The highest BCUT2D eigenvalue weighted by atomic mass is 16.3. The van der Waals surface area contributed by atoms with Gasteiger partial charge in [0.05, 0.1) is 5.60 Å². The van der Waals surface area contributed by atoms with Crippen LogP contribution in [-0.2, 0) is 0 Å². The Balaban J connectivity index is 1.92. The van der Waals surface area contributed by atoms with Crippen molar-refractivity contribution in [2.45, 2.75) is 38.2 Å². The maximum atomic E-state index is 10.5. The molecule has 0 amide bonds. The first-order valence-electron chi connectivity index (χ1n) is 6.68. The molecule has 2 heterocycles. The molecule has 0 saturated heterocycles. The van der Waals surface area contributed by atoms with E-state index < -0.39 is 5.60 Å². The molecule has 102 valence electrons. The zero-order valence-electron chi connectivity index (χ0n) is 11.4. The van der Waals surface area contributed by atoms with Crippen LogP contribution in [0.5, 0.6) is 0 Å². The summed E-state index contributed by atoms with van der Waals surface area (Å²) in [6.07, 6.45) is 5.48. The van der Waals surface area contributed by atoms with Gasteiger partial charge in [-0.1, -0.05) is 12.8 Å². The second-order valence-corrected chi connectivity index (χ2v) is 5.52. The Morgan fingerprint density at radius 3 is 2.89 bits per heavy atom. The lowest BCUT2D eigenvalue weighted by Crippen LogP contribution is -2.40. The van der Waals surface area contributed by atoms with Gasteiger partial charge in [-0.2, -0.15) is 14.6 Å². The van der Waals surface area contributed by atoms with Crippen LogP contribution in [0.25, 0.3) is 5.78 Å². The molecule has 1 N–H and O–H groups in total. The van der Waals surface area contributed by atoms with E-state index in [2.05, 4.69) is 15.1 Å². The molecular weight excluding hydrogens is 242 g/mol. The first kappa shape index (κ1) is 12.3. The zero-order chi connectivity index (χ0) is 13.5. The lowest BCUT2D eigenvalue weighted by atomic mass is 10.0. The molecule has 0 atom stereocenters. The van der Waals surface area contributed by atoms with Crippen LogP contribution >= 0.6 is 0 Å². The summed E-state index contributed by atoms with van der Waals surface area (Å²) in [5.74, 6) is 1.51. The van der Waals surface area contributed by atoms with E-state index in [1.165, 1.54) is 6.33 Å². The van der Waals surface area contributed by atoms with Crippen LogP contribution in [0.1, 0.15) is 31.4 Å². The van der Waals surface area contributed by atoms with Gasteiger partial charge < -0.3 is 10.0 Å². The van der Waals surface area contributed by atoms with Gasteiger partial charge in [0.25, 0.3) is 5.78 Å². The molecule has 0 radical (unpaired) electrons. The Labute approximate surface area is 112 Å². The minimum atomic E-state index is -0.571. The number of hydrogen-bond acceptors (Lipinski definition) is 5. The summed E-state index contributed by atoms with van der Waals surface area (Å²) >= 11 is 0. The van der Waals surface area contributed by atoms with Crippen molar-refractivity contribution in [2.24, 2.45) is 0 Å². The molecule has 0 bridgehead atoms. The predicted molar refractivity (Wildman–Crippen MR) is 72.2 cm³/mol. The van der Waals surface area contributed by atoms with Crippen LogP contribution < -0.4 is 4.90 Å². The van der Waals surface area contributed by atoms with E-state index in [0.29, 0.717) is 12.3 Å². The molecule has 2 aromatic rings. The standard InChI is InChI=1S/C13H19N5O/c1-10-7-11(18-12(16-10)14-9-15-18)17(2)8-13(19)5-3-4-6-13/h7,9,19H,3-6,8H2,1-2H3.